The van der Waals surface area contributed by atoms with Gasteiger partial charge in [0.15, 0.2) is 6.61 Å². The van der Waals surface area contributed by atoms with Gasteiger partial charge in [-0.1, -0.05) is 44.2 Å². The zero-order valence-electron chi connectivity index (χ0n) is 18.4. The monoisotopic (exact) mass is 430 g/mol. The minimum Gasteiger partial charge on any atom is -0.484 e. The number of esters is 1. The third kappa shape index (κ3) is 6.54. The maximum atomic E-state index is 12.3. The van der Waals surface area contributed by atoms with Gasteiger partial charge >= 0.3 is 5.97 Å². The van der Waals surface area contributed by atoms with Crippen molar-refractivity contribution >= 4 is 18.1 Å². The highest BCUT2D eigenvalue weighted by Crippen LogP contribution is 2.18. The van der Waals surface area contributed by atoms with Crippen LogP contribution >= 0.6 is 0 Å². The molecule has 0 aromatic heterocycles. The molecule has 164 valence electrons. The van der Waals surface area contributed by atoms with Gasteiger partial charge in [0.25, 0.3) is 5.91 Å². The minimum absolute atomic E-state index is 0.133. The molecule has 3 aromatic carbocycles. The van der Waals surface area contributed by atoms with Crippen molar-refractivity contribution < 1.29 is 19.1 Å². The fraction of sp³-hybridized carbons (Fsp3) is 0.192. The van der Waals surface area contributed by atoms with Crippen molar-refractivity contribution in [2.24, 2.45) is 5.10 Å². The van der Waals surface area contributed by atoms with E-state index < -0.39 is 5.97 Å². The van der Waals surface area contributed by atoms with Crippen molar-refractivity contribution in [1.82, 2.24) is 5.43 Å². The van der Waals surface area contributed by atoms with Gasteiger partial charge in [-0.3, -0.25) is 4.79 Å². The van der Waals surface area contributed by atoms with Crippen LogP contribution < -0.4 is 14.9 Å². The van der Waals surface area contributed by atoms with E-state index in [1.165, 1.54) is 11.8 Å². The highest BCUT2D eigenvalue weighted by atomic mass is 16.5. The third-order valence-corrected chi connectivity index (χ3v) is 4.78. The van der Waals surface area contributed by atoms with Gasteiger partial charge in [0.2, 0.25) is 0 Å². The van der Waals surface area contributed by atoms with E-state index in [1.54, 1.807) is 36.4 Å². The molecular formula is C26H26N2O4. The number of carbonyl (C=O) groups is 2. The maximum absolute atomic E-state index is 12.3. The van der Waals surface area contributed by atoms with E-state index in [9.17, 15) is 9.59 Å². The van der Waals surface area contributed by atoms with E-state index in [2.05, 4.69) is 24.4 Å². The summed E-state index contributed by atoms with van der Waals surface area (Å²) in [6.07, 6.45) is 1.50. The van der Waals surface area contributed by atoms with Crippen LogP contribution in [0.2, 0.25) is 0 Å². The Hall–Kier alpha value is -3.93. The lowest BCUT2D eigenvalue weighted by atomic mass is 10.0. The molecule has 0 radical (unpaired) electrons. The Morgan fingerprint density at radius 3 is 2.25 bits per heavy atom. The largest absolute Gasteiger partial charge is 0.484 e. The predicted octanol–water partition coefficient (Wildman–Crippen LogP) is 4.87. The number of hydrogen-bond donors (Lipinski definition) is 1. The Bertz CT molecular complexity index is 1090. The van der Waals surface area contributed by atoms with Gasteiger partial charge in [-0.2, -0.15) is 5.10 Å². The molecule has 6 heteroatoms. The number of benzene rings is 3. The highest BCUT2D eigenvalue weighted by Gasteiger charge is 2.10. The van der Waals surface area contributed by atoms with E-state index in [0.29, 0.717) is 23.0 Å². The zero-order chi connectivity index (χ0) is 22.9. The van der Waals surface area contributed by atoms with Crippen LogP contribution in [-0.2, 0) is 4.79 Å². The fourth-order valence-electron chi connectivity index (χ4n) is 2.89. The lowest BCUT2D eigenvalue weighted by molar-refractivity contribution is -0.123. The Labute approximate surface area is 187 Å². The molecule has 0 atom stereocenters. The van der Waals surface area contributed by atoms with Crippen LogP contribution in [0.5, 0.6) is 11.5 Å². The molecule has 0 aliphatic carbocycles. The first-order chi connectivity index (χ1) is 15.4. The number of aryl methyl sites for hydroxylation is 1. The fourth-order valence-corrected chi connectivity index (χ4v) is 2.89. The summed E-state index contributed by atoms with van der Waals surface area (Å²) < 4.78 is 10.9. The second-order valence-corrected chi connectivity index (χ2v) is 7.58. The average Bonchev–Trinajstić information content (AvgIpc) is 2.79. The van der Waals surface area contributed by atoms with E-state index in [1.807, 2.05) is 43.3 Å². The van der Waals surface area contributed by atoms with Crippen molar-refractivity contribution in [1.29, 1.82) is 0 Å². The number of carbonyl (C=O) groups excluding carboxylic acids is 2. The van der Waals surface area contributed by atoms with Crippen LogP contribution in [0.1, 0.15) is 46.8 Å². The van der Waals surface area contributed by atoms with Gasteiger partial charge in [0.05, 0.1) is 11.8 Å². The molecule has 0 aliphatic heterocycles. The SMILES string of the molecule is Cc1ccccc1C(=O)Oc1ccc(/C=N\NC(=O)COc2ccc(C(C)C)cc2)cc1. The van der Waals surface area contributed by atoms with E-state index in [4.69, 9.17) is 9.47 Å². The first-order valence-electron chi connectivity index (χ1n) is 10.3. The van der Waals surface area contributed by atoms with Crippen LogP contribution in [0.3, 0.4) is 0 Å². The highest BCUT2D eigenvalue weighted by molar-refractivity contribution is 5.92. The number of hydrogen-bond acceptors (Lipinski definition) is 5. The van der Waals surface area contributed by atoms with E-state index in [0.717, 1.165) is 11.1 Å². The molecule has 3 rings (SSSR count). The van der Waals surface area contributed by atoms with Crippen molar-refractivity contribution in [2.45, 2.75) is 26.7 Å². The molecule has 1 N–H and O–H groups in total. The van der Waals surface area contributed by atoms with Gasteiger partial charge in [-0.05, 0) is 72.0 Å². The Balaban J connectivity index is 1.45. The summed E-state index contributed by atoms with van der Waals surface area (Å²) in [7, 11) is 0. The molecule has 0 fully saturated rings. The molecule has 1 amide bonds. The van der Waals surface area contributed by atoms with Gasteiger partial charge < -0.3 is 9.47 Å². The third-order valence-electron chi connectivity index (χ3n) is 4.78. The first-order valence-corrected chi connectivity index (χ1v) is 10.3. The average molecular weight is 431 g/mol. The molecule has 0 saturated heterocycles. The summed E-state index contributed by atoms with van der Waals surface area (Å²) in [6.45, 7) is 5.96. The van der Waals surface area contributed by atoms with Crippen molar-refractivity contribution in [3.8, 4) is 11.5 Å². The van der Waals surface area contributed by atoms with Crippen molar-refractivity contribution in [3.63, 3.8) is 0 Å². The first kappa shape index (κ1) is 22.7. The maximum Gasteiger partial charge on any atom is 0.343 e. The molecule has 0 aliphatic rings. The molecule has 0 bridgehead atoms. The number of nitrogens with zero attached hydrogens (tertiary/aromatic N) is 1. The summed E-state index contributed by atoms with van der Waals surface area (Å²) in [5.41, 5.74) is 5.76. The summed E-state index contributed by atoms with van der Waals surface area (Å²) in [4.78, 5) is 24.2. The van der Waals surface area contributed by atoms with Crippen molar-refractivity contribution in [3.05, 3.63) is 95.1 Å². The number of ether oxygens (including phenoxy) is 2. The topological polar surface area (TPSA) is 77.0 Å². The molecule has 6 nitrogen and oxygen atoms in total. The molecule has 32 heavy (non-hydrogen) atoms. The standard InChI is InChI=1S/C26H26N2O4/c1-18(2)21-10-14-22(15-11-21)31-17-25(29)28-27-16-20-8-12-23(13-9-20)32-26(30)24-7-5-4-6-19(24)3/h4-16,18H,17H2,1-3H3,(H,28,29)/b27-16-. The smallest absolute Gasteiger partial charge is 0.343 e. The second-order valence-electron chi connectivity index (χ2n) is 7.58. The lowest BCUT2D eigenvalue weighted by Crippen LogP contribution is -2.24. The number of amides is 1. The van der Waals surface area contributed by atoms with Crippen LogP contribution in [-0.4, -0.2) is 24.7 Å². The predicted molar refractivity (Wildman–Crippen MR) is 124 cm³/mol. The Morgan fingerprint density at radius 2 is 1.59 bits per heavy atom. The Kier molecular flexibility index (Phi) is 7.75. The van der Waals surface area contributed by atoms with E-state index >= 15 is 0 Å². The summed E-state index contributed by atoms with van der Waals surface area (Å²) >= 11 is 0. The zero-order valence-corrected chi connectivity index (χ0v) is 18.4. The lowest BCUT2D eigenvalue weighted by Gasteiger charge is -2.08. The molecule has 0 unspecified atom stereocenters. The number of nitrogens with one attached hydrogen (secondary N) is 1. The van der Waals surface area contributed by atoms with Crippen LogP contribution in [0.4, 0.5) is 0 Å². The molecule has 0 saturated carbocycles. The van der Waals surface area contributed by atoms with Gasteiger partial charge in [0, 0.05) is 0 Å². The molecular weight excluding hydrogens is 404 g/mol. The summed E-state index contributed by atoms with van der Waals surface area (Å²) in [6, 6.07) is 21.7. The van der Waals surface area contributed by atoms with Crippen LogP contribution in [0.25, 0.3) is 0 Å². The van der Waals surface area contributed by atoms with Gasteiger partial charge in [0.1, 0.15) is 11.5 Å². The van der Waals surface area contributed by atoms with Gasteiger partial charge in [-0.25, -0.2) is 10.2 Å². The minimum atomic E-state index is -0.407. The quantitative estimate of drug-likeness (QED) is 0.239. The van der Waals surface area contributed by atoms with Gasteiger partial charge in [-0.15, -0.1) is 0 Å². The second kappa shape index (κ2) is 10.9. The molecule has 0 heterocycles. The number of hydrazone groups is 1. The van der Waals surface area contributed by atoms with Crippen LogP contribution in [0.15, 0.2) is 77.9 Å². The van der Waals surface area contributed by atoms with Crippen LogP contribution in [0, 0.1) is 6.92 Å². The van der Waals surface area contributed by atoms with E-state index in [-0.39, 0.29) is 12.5 Å². The molecule has 3 aromatic rings. The Morgan fingerprint density at radius 1 is 0.938 bits per heavy atom. The number of rotatable bonds is 8. The summed E-state index contributed by atoms with van der Waals surface area (Å²) in [5, 5.41) is 3.93. The normalized spacial score (nSPS) is 10.9. The van der Waals surface area contributed by atoms with Crippen molar-refractivity contribution in [2.75, 3.05) is 6.61 Å². The summed E-state index contributed by atoms with van der Waals surface area (Å²) in [5.74, 6) is 0.727. The molecule has 0 spiro atoms.